The lowest BCUT2D eigenvalue weighted by molar-refractivity contribution is 0.243. The first kappa shape index (κ1) is 23.5. The number of benzene rings is 1. The Hall–Kier alpha value is -3.24. The number of hydrogen-bond donors (Lipinski definition) is 0. The van der Waals surface area contributed by atoms with E-state index in [1.165, 1.54) is 22.4 Å². The summed E-state index contributed by atoms with van der Waals surface area (Å²) in [5.74, 6) is 1.90. The van der Waals surface area contributed by atoms with E-state index in [1.807, 2.05) is 12.2 Å². The predicted molar refractivity (Wildman–Crippen MR) is 140 cm³/mol. The minimum atomic E-state index is 0.139. The highest BCUT2D eigenvalue weighted by Gasteiger charge is 2.40. The molecule has 0 saturated heterocycles. The Kier molecular flexibility index (Phi) is 5.68. The standard InChI is InChI=1S/C31H35N3O/c1-20-7-6-8-24-25(22(18-32)19-33)17-23(35-29(20)24)10-9-21-15-26-28-27(16-21)31(4,5)12-14-34(28)13-11-30(26,2)3/h9-10,15-17,20H,6-8,11-14H2,1-5H3/b10-9+. The fourth-order valence-corrected chi connectivity index (χ4v) is 6.14. The average molecular weight is 466 g/mol. The summed E-state index contributed by atoms with van der Waals surface area (Å²) in [5.41, 5.74) is 7.72. The number of anilines is 1. The maximum absolute atomic E-state index is 9.58. The van der Waals surface area contributed by atoms with Crippen molar-refractivity contribution in [3.05, 3.63) is 69.2 Å². The molecule has 0 N–H and O–H groups in total. The van der Waals surface area contributed by atoms with Gasteiger partial charge in [0.15, 0.2) is 0 Å². The van der Waals surface area contributed by atoms with Gasteiger partial charge in [0.05, 0.1) is 0 Å². The molecule has 1 atom stereocenters. The fraction of sp³-hybridized carbons (Fsp3) is 0.484. The first-order valence-electron chi connectivity index (χ1n) is 12.9. The van der Waals surface area contributed by atoms with Gasteiger partial charge in [0.2, 0.25) is 0 Å². The van der Waals surface area contributed by atoms with Crippen molar-refractivity contribution in [2.75, 3.05) is 18.0 Å². The lowest BCUT2D eigenvalue weighted by Gasteiger charge is -2.48. The third-order valence-corrected chi connectivity index (χ3v) is 8.50. The van der Waals surface area contributed by atoms with Crippen molar-refractivity contribution in [1.82, 2.24) is 0 Å². The Morgan fingerprint density at radius 1 is 1.03 bits per heavy atom. The largest absolute Gasteiger partial charge is 0.461 e. The normalized spacial score (nSPS) is 24.1. The summed E-state index contributed by atoms with van der Waals surface area (Å²) in [5, 5.41) is 19.2. The van der Waals surface area contributed by atoms with Crippen molar-refractivity contribution < 1.29 is 4.74 Å². The molecule has 0 spiro atoms. The smallest absolute Gasteiger partial charge is 0.137 e. The molecule has 0 bridgehead atoms. The third kappa shape index (κ3) is 4.00. The molecule has 3 aliphatic heterocycles. The van der Waals surface area contributed by atoms with Gasteiger partial charge in [0.1, 0.15) is 29.2 Å². The van der Waals surface area contributed by atoms with Crippen molar-refractivity contribution in [2.24, 2.45) is 5.92 Å². The highest BCUT2D eigenvalue weighted by Crippen LogP contribution is 2.49. The molecule has 4 nitrogen and oxygen atoms in total. The van der Waals surface area contributed by atoms with Crippen LogP contribution in [-0.4, -0.2) is 13.1 Å². The molecule has 3 heterocycles. The van der Waals surface area contributed by atoms with E-state index in [-0.39, 0.29) is 22.3 Å². The zero-order valence-electron chi connectivity index (χ0n) is 21.7. The topological polar surface area (TPSA) is 60.0 Å². The van der Waals surface area contributed by atoms with Gasteiger partial charge in [-0.1, -0.05) is 40.7 Å². The quantitative estimate of drug-likeness (QED) is 0.433. The van der Waals surface area contributed by atoms with E-state index in [2.05, 4.69) is 69.9 Å². The van der Waals surface area contributed by atoms with E-state index in [0.29, 0.717) is 5.76 Å². The van der Waals surface area contributed by atoms with Crippen LogP contribution in [0, 0.1) is 28.6 Å². The fourth-order valence-electron chi connectivity index (χ4n) is 6.14. The van der Waals surface area contributed by atoms with Crippen LogP contribution in [0.5, 0.6) is 0 Å². The van der Waals surface area contributed by atoms with Crippen LogP contribution in [0.2, 0.25) is 0 Å². The lowest BCUT2D eigenvalue weighted by Crippen LogP contribution is -2.44. The van der Waals surface area contributed by atoms with Crippen LogP contribution < -0.4 is 4.90 Å². The Morgan fingerprint density at radius 3 is 2.26 bits per heavy atom. The molecule has 0 radical (unpaired) electrons. The number of nitrogens with zero attached hydrogens (tertiary/aromatic N) is 3. The molecule has 1 aromatic rings. The Morgan fingerprint density at radius 2 is 1.66 bits per heavy atom. The van der Waals surface area contributed by atoms with Crippen molar-refractivity contribution in [2.45, 2.75) is 77.6 Å². The monoisotopic (exact) mass is 465 g/mol. The van der Waals surface area contributed by atoms with Gasteiger partial charge < -0.3 is 9.64 Å². The van der Waals surface area contributed by atoms with Gasteiger partial charge in [-0.25, -0.2) is 0 Å². The minimum absolute atomic E-state index is 0.139. The van der Waals surface area contributed by atoms with Crippen LogP contribution >= 0.6 is 0 Å². The molecule has 1 aliphatic carbocycles. The Balaban J connectivity index is 1.57. The second-order valence-electron chi connectivity index (χ2n) is 11.8. The Bertz CT molecular complexity index is 1230. The van der Waals surface area contributed by atoms with E-state index >= 15 is 0 Å². The molecule has 0 amide bonds. The number of rotatable bonds is 2. The highest BCUT2D eigenvalue weighted by atomic mass is 16.5. The summed E-state index contributed by atoms with van der Waals surface area (Å²) in [6, 6.07) is 8.90. The van der Waals surface area contributed by atoms with Gasteiger partial charge in [0, 0.05) is 35.8 Å². The highest BCUT2D eigenvalue weighted by molar-refractivity contribution is 5.72. The average Bonchev–Trinajstić information content (AvgIpc) is 2.83. The van der Waals surface area contributed by atoms with Crippen molar-refractivity contribution in [3.8, 4) is 12.1 Å². The van der Waals surface area contributed by atoms with Crippen molar-refractivity contribution in [1.29, 1.82) is 10.5 Å². The van der Waals surface area contributed by atoms with Crippen LogP contribution in [-0.2, 0) is 15.6 Å². The van der Waals surface area contributed by atoms with Gasteiger partial charge in [0.25, 0.3) is 0 Å². The van der Waals surface area contributed by atoms with Crippen LogP contribution in [0.3, 0.4) is 0 Å². The van der Waals surface area contributed by atoms with E-state index in [0.717, 1.165) is 62.1 Å². The maximum Gasteiger partial charge on any atom is 0.137 e. The van der Waals surface area contributed by atoms with Gasteiger partial charge in [-0.15, -0.1) is 0 Å². The molecule has 5 rings (SSSR count). The zero-order chi connectivity index (χ0) is 25.0. The molecule has 0 fully saturated rings. The minimum Gasteiger partial charge on any atom is -0.461 e. The van der Waals surface area contributed by atoms with Crippen LogP contribution in [0.15, 0.2) is 52.5 Å². The summed E-state index contributed by atoms with van der Waals surface area (Å²) in [7, 11) is 0. The summed E-state index contributed by atoms with van der Waals surface area (Å²) in [6.45, 7) is 13.9. The second-order valence-corrected chi connectivity index (χ2v) is 11.8. The number of ether oxygens (including phenoxy) is 1. The number of hydrogen-bond acceptors (Lipinski definition) is 4. The number of nitriles is 2. The molecule has 1 unspecified atom stereocenters. The van der Waals surface area contributed by atoms with Crippen LogP contribution in [0.4, 0.5) is 5.69 Å². The lowest BCUT2D eigenvalue weighted by atomic mass is 9.69. The van der Waals surface area contributed by atoms with Gasteiger partial charge >= 0.3 is 0 Å². The Labute approximate surface area is 209 Å². The first-order valence-corrected chi connectivity index (χ1v) is 12.9. The molecule has 4 aliphatic rings. The van der Waals surface area contributed by atoms with Crippen molar-refractivity contribution in [3.63, 3.8) is 0 Å². The van der Waals surface area contributed by atoms with E-state index in [9.17, 15) is 10.5 Å². The van der Waals surface area contributed by atoms with E-state index in [4.69, 9.17) is 4.74 Å². The molecule has 0 saturated carbocycles. The maximum atomic E-state index is 9.58. The predicted octanol–water partition coefficient (Wildman–Crippen LogP) is 7.20. The number of allylic oxidation sites excluding steroid dienone is 6. The molecule has 1 aromatic carbocycles. The molecular formula is C31H35N3O. The molecule has 4 heteroatoms. The SMILES string of the molecule is CC1CCCC2=C1OC(/C=C/c1cc3c4c(c1)C(C)(C)CCN4CCC3(C)C)=CC2=C(C#N)C#N. The van der Waals surface area contributed by atoms with Gasteiger partial charge in [-0.05, 0) is 83.9 Å². The summed E-state index contributed by atoms with van der Waals surface area (Å²) >= 11 is 0. The summed E-state index contributed by atoms with van der Waals surface area (Å²) in [4.78, 5) is 2.59. The van der Waals surface area contributed by atoms with E-state index < -0.39 is 0 Å². The van der Waals surface area contributed by atoms with Gasteiger partial charge in [-0.3, -0.25) is 0 Å². The third-order valence-electron chi connectivity index (χ3n) is 8.50. The van der Waals surface area contributed by atoms with Crippen molar-refractivity contribution >= 4 is 11.8 Å². The van der Waals surface area contributed by atoms with Gasteiger partial charge in [-0.2, -0.15) is 10.5 Å². The zero-order valence-corrected chi connectivity index (χ0v) is 21.7. The summed E-state index contributed by atoms with van der Waals surface area (Å²) < 4.78 is 6.37. The first-order chi connectivity index (χ1) is 16.6. The molecule has 0 aromatic heterocycles. The van der Waals surface area contributed by atoms with Crippen LogP contribution in [0.25, 0.3) is 6.08 Å². The summed E-state index contributed by atoms with van der Waals surface area (Å²) in [6.07, 6.45) is 11.3. The van der Waals surface area contributed by atoms with E-state index in [1.54, 1.807) is 0 Å². The van der Waals surface area contributed by atoms with Crippen LogP contribution in [0.1, 0.15) is 83.4 Å². The molecular weight excluding hydrogens is 430 g/mol. The molecule has 180 valence electrons. The second kappa shape index (κ2) is 8.46. The molecule has 35 heavy (non-hydrogen) atoms.